The van der Waals surface area contributed by atoms with E-state index in [1.165, 1.54) is 25.2 Å². The van der Waals surface area contributed by atoms with Crippen LogP contribution in [0.3, 0.4) is 0 Å². The number of carbonyl (C=O) groups is 1. The smallest absolute Gasteiger partial charge is 0.252 e. The van der Waals surface area contributed by atoms with Crippen LogP contribution in [0.1, 0.15) is 10.4 Å². The minimum absolute atomic E-state index is 0.0379. The Hall–Kier alpha value is -2.29. The van der Waals surface area contributed by atoms with Crippen LogP contribution in [0.25, 0.3) is 0 Å². The Kier molecular flexibility index (Phi) is 6.84. The van der Waals surface area contributed by atoms with E-state index in [9.17, 15) is 13.2 Å². The lowest BCUT2D eigenvalue weighted by atomic mass is 10.2. The van der Waals surface area contributed by atoms with E-state index < -0.39 is 15.9 Å². The lowest BCUT2D eigenvalue weighted by molar-refractivity contribution is 0.0947. The van der Waals surface area contributed by atoms with Gasteiger partial charge in [0.2, 0.25) is 10.0 Å². The van der Waals surface area contributed by atoms with E-state index in [4.69, 9.17) is 21.1 Å². The lowest BCUT2D eigenvalue weighted by Crippen LogP contribution is -2.28. The van der Waals surface area contributed by atoms with Crippen molar-refractivity contribution in [3.8, 4) is 11.5 Å². The molecule has 9 heteroatoms. The maximum Gasteiger partial charge on any atom is 0.252 e. The molecule has 26 heavy (non-hydrogen) atoms. The van der Waals surface area contributed by atoms with Gasteiger partial charge in [0.1, 0.15) is 18.1 Å². The number of sulfonamides is 1. The third kappa shape index (κ3) is 5.10. The molecular weight excluding hydrogens is 380 g/mol. The summed E-state index contributed by atoms with van der Waals surface area (Å²) in [6.45, 7) is 0.467. The van der Waals surface area contributed by atoms with E-state index in [1.807, 2.05) is 0 Å². The van der Waals surface area contributed by atoms with Crippen LogP contribution in [0, 0.1) is 0 Å². The minimum Gasteiger partial charge on any atom is -0.497 e. The molecule has 0 saturated carbocycles. The van der Waals surface area contributed by atoms with Gasteiger partial charge in [-0.25, -0.2) is 13.1 Å². The number of benzene rings is 2. The van der Waals surface area contributed by atoms with E-state index >= 15 is 0 Å². The molecule has 2 rings (SSSR count). The van der Waals surface area contributed by atoms with Crippen LogP contribution in [0.5, 0.6) is 11.5 Å². The van der Waals surface area contributed by atoms with Crippen molar-refractivity contribution in [3.63, 3.8) is 0 Å². The molecule has 7 nitrogen and oxygen atoms in total. The molecule has 0 aliphatic carbocycles. The maximum absolute atomic E-state index is 12.2. The number of methoxy groups -OCH3 is 1. The van der Waals surface area contributed by atoms with Gasteiger partial charge in [-0.3, -0.25) is 4.79 Å². The standard InChI is InChI=1S/C17H19ClN2O5S/c1-19-26(22,23)14-7-8-16(18)15(11-14)17(21)20-9-10-25-13-5-3-12(24-2)4-6-13/h3-8,11,19H,9-10H2,1-2H3,(H,20,21). The Bertz CT molecular complexity index is 869. The number of ether oxygens (including phenoxy) is 2. The topological polar surface area (TPSA) is 93.7 Å². The Balaban J connectivity index is 1.94. The second-order valence-corrected chi connectivity index (χ2v) is 7.42. The van der Waals surface area contributed by atoms with Gasteiger partial charge in [0.05, 0.1) is 29.1 Å². The first-order valence-corrected chi connectivity index (χ1v) is 9.51. The summed E-state index contributed by atoms with van der Waals surface area (Å²) in [5, 5.41) is 2.80. The second-order valence-electron chi connectivity index (χ2n) is 5.13. The van der Waals surface area contributed by atoms with Crippen LogP contribution in [0.15, 0.2) is 47.4 Å². The molecule has 0 unspecified atom stereocenters. The zero-order chi connectivity index (χ0) is 19.2. The van der Waals surface area contributed by atoms with E-state index in [1.54, 1.807) is 31.4 Å². The summed E-state index contributed by atoms with van der Waals surface area (Å²) in [5.41, 5.74) is 0.0763. The molecular formula is C17H19ClN2O5S. The average molecular weight is 399 g/mol. The largest absolute Gasteiger partial charge is 0.497 e. The molecule has 0 bridgehead atoms. The number of amides is 1. The fourth-order valence-corrected chi connectivity index (χ4v) is 3.02. The molecule has 0 heterocycles. The summed E-state index contributed by atoms with van der Waals surface area (Å²) in [6.07, 6.45) is 0. The third-order valence-corrected chi connectivity index (χ3v) is 5.22. The van der Waals surface area contributed by atoms with E-state index in [-0.39, 0.29) is 28.6 Å². The number of rotatable bonds is 8. The quantitative estimate of drug-likeness (QED) is 0.664. The fraction of sp³-hybridized carbons (Fsp3) is 0.235. The molecule has 2 aromatic carbocycles. The summed E-state index contributed by atoms with van der Waals surface area (Å²) >= 11 is 6.00. The highest BCUT2D eigenvalue weighted by Gasteiger charge is 2.17. The van der Waals surface area contributed by atoms with Crippen molar-refractivity contribution in [1.29, 1.82) is 0 Å². The van der Waals surface area contributed by atoms with E-state index in [0.717, 1.165) is 5.75 Å². The van der Waals surface area contributed by atoms with Crippen molar-refractivity contribution in [2.24, 2.45) is 0 Å². The molecule has 1 amide bonds. The lowest BCUT2D eigenvalue weighted by Gasteiger charge is -2.10. The molecule has 140 valence electrons. The summed E-state index contributed by atoms with van der Waals surface area (Å²) in [7, 11) is -0.793. The molecule has 0 spiro atoms. The molecule has 0 aromatic heterocycles. The Morgan fingerprint density at radius 3 is 2.38 bits per heavy atom. The predicted molar refractivity (Wildman–Crippen MR) is 98.5 cm³/mol. The Morgan fingerprint density at radius 2 is 1.77 bits per heavy atom. The fourth-order valence-electron chi connectivity index (χ4n) is 2.06. The molecule has 0 atom stereocenters. The second kappa shape index (κ2) is 8.88. The van der Waals surface area contributed by atoms with Gasteiger partial charge in [0.15, 0.2) is 0 Å². The van der Waals surface area contributed by atoms with Gasteiger partial charge in [-0.2, -0.15) is 0 Å². The SMILES string of the molecule is CNS(=O)(=O)c1ccc(Cl)c(C(=O)NCCOc2ccc(OC)cc2)c1. The minimum atomic E-state index is -3.66. The van der Waals surface area contributed by atoms with Crippen molar-refractivity contribution in [2.75, 3.05) is 27.3 Å². The van der Waals surface area contributed by atoms with Gasteiger partial charge >= 0.3 is 0 Å². The summed E-state index contributed by atoms with van der Waals surface area (Å²) < 4.78 is 36.4. The highest BCUT2D eigenvalue weighted by molar-refractivity contribution is 7.89. The van der Waals surface area contributed by atoms with Crippen molar-refractivity contribution in [1.82, 2.24) is 10.0 Å². The van der Waals surface area contributed by atoms with Crippen LogP contribution >= 0.6 is 11.6 Å². The highest BCUT2D eigenvalue weighted by Crippen LogP contribution is 2.20. The summed E-state index contributed by atoms with van der Waals surface area (Å²) in [5.74, 6) is 0.873. The van der Waals surface area contributed by atoms with Crippen LogP contribution in [-0.4, -0.2) is 41.6 Å². The van der Waals surface area contributed by atoms with Crippen LogP contribution < -0.4 is 19.5 Å². The van der Waals surface area contributed by atoms with Gasteiger partial charge < -0.3 is 14.8 Å². The monoisotopic (exact) mass is 398 g/mol. The van der Waals surface area contributed by atoms with Crippen LogP contribution in [-0.2, 0) is 10.0 Å². The van der Waals surface area contributed by atoms with Gasteiger partial charge in [0.25, 0.3) is 5.91 Å². The number of hydrogen-bond acceptors (Lipinski definition) is 5. The first-order valence-electron chi connectivity index (χ1n) is 7.65. The van der Waals surface area contributed by atoms with Gasteiger partial charge in [0, 0.05) is 0 Å². The van der Waals surface area contributed by atoms with Gasteiger partial charge in [-0.1, -0.05) is 11.6 Å². The number of carbonyl (C=O) groups excluding carboxylic acids is 1. The molecule has 0 fully saturated rings. The third-order valence-electron chi connectivity index (χ3n) is 3.48. The predicted octanol–water partition coefficient (Wildman–Crippen LogP) is 2.07. The van der Waals surface area contributed by atoms with E-state index in [0.29, 0.717) is 5.75 Å². The van der Waals surface area contributed by atoms with Crippen molar-refractivity contribution < 1.29 is 22.7 Å². The summed E-state index contributed by atoms with van der Waals surface area (Å²) in [4.78, 5) is 12.2. The van der Waals surface area contributed by atoms with Crippen molar-refractivity contribution in [3.05, 3.63) is 53.1 Å². The molecule has 2 N–H and O–H groups in total. The van der Waals surface area contributed by atoms with Crippen LogP contribution in [0.2, 0.25) is 5.02 Å². The zero-order valence-corrected chi connectivity index (χ0v) is 15.9. The van der Waals surface area contributed by atoms with Crippen molar-refractivity contribution >= 4 is 27.5 Å². The zero-order valence-electron chi connectivity index (χ0n) is 14.3. The highest BCUT2D eigenvalue weighted by atomic mass is 35.5. The van der Waals surface area contributed by atoms with E-state index in [2.05, 4.69) is 10.0 Å². The molecule has 0 aliphatic heterocycles. The Morgan fingerprint density at radius 1 is 1.12 bits per heavy atom. The Labute approximate surface area is 157 Å². The molecule has 0 radical (unpaired) electrons. The average Bonchev–Trinajstić information content (AvgIpc) is 2.65. The van der Waals surface area contributed by atoms with Gasteiger partial charge in [-0.05, 0) is 49.5 Å². The van der Waals surface area contributed by atoms with Crippen molar-refractivity contribution in [2.45, 2.75) is 4.90 Å². The summed E-state index contributed by atoms with van der Waals surface area (Å²) in [6, 6.07) is 11.0. The maximum atomic E-state index is 12.2. The van der Waals surface area contributed by atoms with Crippen LogP contribution in [0.4, 0.5) is 0 Å². The van der Waals surface area contributed by atoms with Gasteiger partial charge in [-0.15, -0.1) is 0 Å². The molecule has 2 aromatic rings. The number of nitrogens with one attached hydrogen (secondary N) is 2. The molecule has 0 aliphatic rings. The number of hydrogen-bond donors (Lipinski definition) is 2. The number of halogens is 1. The molecule has 0 saturated heterocycles. The normalized spacial score (nSPS) is 11.0. The first kappa shape index (κ1) is 20.0. The first-order chi connectivity index (χ1) is 12.4.